The molecule has 3 aromatic rings. The Kier molecular flexibility index (Phi) is 5.75. The first kappa shape index (κ1) is 19.6. The summed E-state index contributed by atoms with van der Waals surface area (Å²) >= 11 is 0. The van der Waals surface area contributed by atoms with Crippen LogP contribution in [0.2, 0.25) is 0 Å². The van der Waals surface area contributed by atoms with E-state index in [4.69, 9.17) is 13.9 Å². The molecule has 146 valence electrons. The van der Waals surface area contributed by atoms with Crippen molar-refractivity contribution in [1.82, 2.24) is 0 Å². The molecule has 0 radical (unpaired) electrons. The molecule has 2 aromatic carbocycles. The lowest BCUT2D eigenvalue weighted by atomic mass is 10.0. The summed E-state index contributed by atoms with van der Waals surface area (Å²) in [5, 5.41) is 11.0. The molecule has 28 heavy (non-hydrogen) atoms. The van der Waals surface area contributed by atoms with Gasteiger partial charge in [0, 0.05) is 5.56 Å². The third-order valence-corrected chi connectivity index (χ3v) is 4.27. The highest BCUT2D eigenvalue weighted by Gasteiger charge is 2.22. The van der Waals surface area contributed by atoms with Crippen LogP contribution in [0, 0.1) is 0 Å². The fourth-order valence-corrected chi connectivity index (χ4v) is 3.04. The Morgan fingerprint density at radius 1 is 1.00 bits per heavy atom. The van der Waals surface area contributed by atoms with Gasteiger partial charge in [0.15, 0.2) is 5.58 Å². The van der Waals surface area contributed by atoms with E-state index < -0.39 is 18.0 Å². The van der Waals surface area contributed by atoms with Gasteiger partial charge in [0.25, 0.3) is 0 Å². The van der Waals surface area contributed by atoms with Crippen molar-refractivity contribution in [2.75, 3.05) is 13.2 Å². The Hall–Kier alpha value is -3.19. The summed E-state index contributed by atoms with van der Waals surface area (Å²) in [4.78, 5) is 36.9. The summed E-state index contributed by atoms with van der Waals surface area (Å²) in [7, 11) is 0. The molecule has 0 bridgehead atoms. The van der Waals surface area contributed by atoms with E-state index in [9.17, 15) is 19.5 Å². The zero-order chi connectivity index (χ0) is 20.3. The Morgan fingerprint density at radius 3 is 2.32 bits per heavy atom. The summed E-state index contributed by atoms with van der Waals surface area (Å²) in [6.45, 7) is 3.73. The number of carbonyl (C=O) groups is 2. The molecule has 1 atom stereocenters. The minimum atomic E-state index is -1.22. The van der Waals surface area contributed by atoms with Crippen LogP contribution in [0.15, 0.2) is 45.6 Å². The molecule has 1 aromatic heterocycles. The highest BCUT2D eigenvalue weighted by Crippen LogP contribution is 2.29. The second kappa shape index (κ2) is 8.22. The molecule has 0 aliphatic carbocycles. The van der Waals surface area contributed by atoms with E-state index in [-0.39, 0.29) is 58.1 Å². The number of rotatable bonds is 6. The molecule has 0 fully saturated rings. The molecule has 0 aliphatic heterocycles. The van der Waals surface area contributed by atoms with Gasteiger partial charge in [0.1, 0.15) is 11.1 Å². The average molecular weight is 384 g/mol. The van der Waals surface area contributed by atoms with E-state index in [0.29, 0.717) is 0 Å². The van der Waals surface area contributed by atoms with Crippen LogP contribution in [-0.2, 0) is 14.3 Å². The van der Waals surface area contributed by atoms with E-state index in [0.717, 1.165) is 0 Å². The number of aliphatic hydroxyl groups excluding tert-OH is 1. The number of carbonyl (C=O) groups excluding carboxylic acids is 2. The number of hydrogen-bond acceptors (Lipinski definition) is 7. The van der Waals surface area contributed by atoms with Crippen molar-refractivity contribution in [3.63, 3.8) is 0 Å². The lowest BCUT2D eigenvalue weighted by Gasteiger charge is -2.13. The van der Waals surface area contributed by atoms with E-state index >= 15 is 0 Å². The monoisotopic (exact) mass is 384 g/mol. The Balaban J connectivity index is 2.21. The van der Waals surface area contributed by atoms with Crippen molar-refractivity contribution >= 4 is 33.9 Å². The molecule has 0 saturated heterocycles. The van der Waals surface area contributed by atoms with Crippen LogP contribution in [0.5, 0.6) is 0 Å². The van der Waals surface area contributed by atoms with Crippen LogP contribution in [0.4, 0.5) is 0 Å². The number of esters is 2. The molecule has 1 N–H and O–H groups in total. The molecule has 0 saturated carbocycles. The summed E-state index contributed by atoms with van der Waals surface area (Å²) in [6.07, 6.45) is -1.51. The highest BCUT2D eigenvalue weighted by molar-refractivity contribution is 6.04. The van der Waals surface area contributed by atoms with Crippen molar-refractivity contribution in [2.24, 2.45) is 0 Å². The van der Waals surface area contributed by atoms with Gasteiger partial charge in [-0.1, -0.05) is 18.2 Å². The predicted molar refractivity (Wildman–Crippen MR) is 102 cm³/mol. The van der Waals surface area contributed by atoms with Crippen LogP contribution in [-0.4, -0.2) is 30.3 Å². The highest BCUT2D eigenvalue weighted by atomic mass is 16.5. The van der Waals surface area contributed by atoms with Crippen molar-refractivity contribution in [1.29, 1.82) is 0 Å². The molecule has 0 aliphatic rings. The van der Waals surface area contributed by atoms with Gasteiger partial charge in [0.2, 0.25) is 5.43 Å². The fraction of sp³-hybridized carbons (Fsp3) is 0.286. The molecule has 0 amide bonds. The standard InChI is InChI=1S/C21H20O7/c1-3-26-17(23)11-16(22)12-7-5-8-13-18(24)14-9-6-10-15(21(25)27-4-2)20(14)28-19(12)13/h5-10,16,22H,3-4,11H2,1-2H3. The number of para-hydroxylation sites is 2. The molecular weight excluding hydrogens is 364 g/mol. The zero-order valence-electron chi connectivity index (χ0n) is 15.6. The average Bonchev–Trinajstić information content (AvgIpc) is 2.67. The fourth-order valence-electron chi connectivity index (χ4n) is 3.04. The van der Waals surface area contributed by atoms with Crippen LogP contribution in [0.3, 0.4) is 0 Å². The van der Waals surface area contributed by atoms with Gasteiger partial charge in [-0.05, 0) is 32.0 Å². The first-order valence-electron chi connectivity index (χ1n) is 8.97. The van der Waals surface area contributed by atoms with Crippen LogP contribution in [0.1, 0.15) is 42.3 Å². The second-order valence-corrected chi connectivity index (χ2v) is 6.08. The molecule has 3 rings (SSSR count). The number of fused-ring (bicyclic) bond motifs is 2. The van der Waals surface area contributed by atoms with Crippen LogP contribution >= 0.6 is 0 Å². The Morgan fingerprint density at radius 2 is 1.64 bits per heavy atom. The molecular formula is C21H20O7. The second-order valence-electron chi connectivity index (χ2n) is 6.08. The minimum Gasteiger partial charge on any atom is -0.466 e. The zero-order valence-corrected chi connectivity index (χ0v) is 15.6. The predicted octanol–water partition coefficient (Wildman–Crippen LogP) is 3.11. The van der Waals surface area contributed by atoms with Gasteiger partial charge in [-0.2, -0.15) is 0 Å². The maximum absolute atomic E-state index is 12.9. The number of benzene rings is 2. The van der Waals surface area contributed by atoms with Crippen molar-refractivity contribution in [3.8, 4) is 0 Å². The number of ether oxygens (including phenoxy) is 2. The molecule has 1 unspecified atom stereocenters. The summed E-state index contributed by atoms with van der Waals surface area (Å²) in [6, 6.07) is 9.38. The first-order valence-corrected chi connectivity index (χ1v) is 8.97. The van der Waals surface area contributed by atoms with E-state index in [1.54, 1.807) is 44.2 Å². The van der Waals surface area contributed by atoms with Crippen molar-refractivity contribution in [3.05, 3.63) is 57.7 Å². The van der Waals surface area contributed by atoms with Gasteiger partial charge >= 0.3 is 11.9 Å². The van der Waals surface area contributed by atoms with Gasteiger partial charge < -0.3 is 19.0 Å². The van der Waals surface area contributed by atoms with Gasteiger partial charge in [-0.15, -0.1) is 0 Å². The third kappa shape index (κ3) is 3.61. The number of hydrogen-bond donors (Lipinski definition) is 1. The summed E-state index contributed by atoms with van der Waals surface area (Å²) in [5.41, 5.74) is 0.242. The molecule has 1 heterocycles. The topological polar surface area (TPSA) is 103 Å². The van der Waals surface area contributed by atoms with Crippen molar-refractivity contribution in [2.45, 2.75) is 26.4 Å². The lowest BCUT2D eigenvalue weighted by Crippen LogP contribution is -2.12. The van der Waals surface area contributed by atoms with Crippen LogP contribution < -0.4 is 5.43 Å². The van der Waals surface area contributed by atoms with Gasteiger partial charge in [-0.3, -0.25) is 9.59 Å². The Labute approximate surface area is 160 Å². The lowest BCUT2D eigenvalue weighted by molar-refractivity contribution is -0.145. The smallest absolute Gasteiger partial charge is 0.341 e. The molecule has 7 nitrogen and oxygen atoms in total. The summed E-state index contributed by atoms with van der Waals surface area (Å²) in [5.74, 6) is -1.18. The van der Waals surface area contributed by atoms with Gasteiger partial charge in [0.05, 0.1) is 36.5 Å². The maximum atomic E-state index is 12.9. The Bertz CT molecular complexity index is 1100. The number of aliphatic hydroxyl groups is 1. The SMILES string of the molecule is CCOC(=O)CC(O)c1cccc2c(=O)c3cccc(C(=O)OCC)c3oc12. The van der Waals surface area contributed by atoms with Crippen molar-refractivity contribution < 1.29 is 28.6 Å². The van der Waals surface area contributed by atoms with Crippen LogP contribution in [0.25, 0.3) is 21.9 Å². The van der Waals surface area contributed by atoms with E-state index in [1.165, 1.54) is 6.07 Å². The quantitative estimate of drug-likeness (QED) is 0.514. The summed E-state index contributed by atoms with van der Waals surface area (Å²) < 4.78 is 15.8. The first-order chi connectivity index (χ1) is 13.5. The van der Waals surface area contributed by atoms with E-state index in [1.807, 2.05) is 0 Å². The maximum Gasteiger partial charge on any atom is 0.341 e. The molecule has 7 heteroatoms. The van der Waals surface area contributed by atoms with Gasteiger partial charge in [-0.25, -0.2) is 4.79 Å². The normalized spacial score (nSPS) is 12.1. The molecule has 0 spiro atoms. The third-order valence-electron chi connectivity index (χ3n) is 4.27. The minimum absolute atomic E-state index is 0.0780. The largest absolute Gasteiger partial charge is 0.466 e. The van der Waals surface area contributed by atoms with E-state index in [2.05, 4.69) is 0 Å².